The van der Waals surface area contributed by atoms with E-state index in [0.717, 1.165) is 43.6 Å². The Bertz CT molecular complexity index is 648. The number of nitrogens with one attached hydrogen (secondary N) is 2. The van der Waals surface area contributed by atoms with Crippen molar-refractivity contribution in [3.05, 3.63) is 71.3 Å². The molecule has 0 spiro atoms. The number of amides is 1. The smallest absolute Gasteiger partial charge is 0.251 e. The maximum absolute atomic E-state index is 12.6. The Balaban J connectivity index is 1.59. The maximum Gasteiger partial charge on any atom is 0.251 e. The third-order valence-corrected chi connectivity index (χ3v) is 4.74. The van der Waals surface area contributed by atoms with Crippen molar-refractivity contribution in [3.8, 4) is 0 Å². The van der Waals surface area contributed by atoms with Gasteiger partial charge in [0.05, 0.1) is 0 Å². The molecule has 0 saturated carbocycles. The highest BCUT2D eigenvalue weighted by atomic mass is 16.1. The lowest BCUT2D eigenvalue weighted by atomic mass is 9.98. The molecule has 1 atom stereocenters. The van der Waals surface area contributed by atoms with Gasteiger partial charge in [-0.05, 0) is 61.9 Å². The van der Waals surface area contributed by atoms with Crippen molar-refractivity contribution >= 4 is 5.91 Å². The van der Waals surface area contributed by atoms with Crippen LogP contribution in [0.5, 0.6) is 0 Å². The summed E-state index contributed by atoms with van der Waals surface area (Å²) in [4.78, 5) is 12.6. The van der Waals surface area contributed by atoms with E-state index in [9.17, 15) is 4.79 Å². The summed E-state index contributed by atoms with van der Waals surface area (Å²) in [5, 5.41) is 6.53. The van der Waals surface area contributed by atoms with Crippen LogP contribution in [0.25, 0.3) is 0 Å². The molecule has 126 valence electrons. The number of benzene rings is 2. The second-order valence-corrected chi connectivity index (χ2v) is 6.57. The van der Waals surface area contributed by atoms with Crippen molar-refractivity contribution < 1.29 is 4.79 Å². The Morgan fingerprint density at radius 3 is 2.62 bits per heavy atom. The molecule has 24 heavy (non-hydrogen) atoms. The molecule has 3 nitrogen and oxygen atoms in total. The van der Waals surface area contributed by atoms with Gasteiger partial charge in [0.15, 0.2) is 0 Å². The molecule has 3 rings (SSSR count). The van der Waals surface area contributed by atoms with E-state index in [4.69, 9.17) is 0 Å². The summed E-state index contributed by atoms with van der Waals surface area (Å²) in [5.74, 6) is 0.614. The lowest BCUT2D eigenvalue weighted by Gasteiger charge is -2.23. The van der Waals surface area contributed by atoms with Gasteiger partial charge in [0, 0.05) is 12.1 Å². The first kappa shape index (κ1) is 16.7. The Morgan fingerprint density at radius 1 is 1.04 bits per heavy atom. The molecule has 2 aromatic carbocycles. The van der Waals surface area contributed by atoms with Gasteiger partial charge in [-0.1, -0.05) is 48.5 Å². The Hall–Kier alpha value is -2.13. The van der Waals surface area contributed by atoms with Crippen molar-refractivity contribution in [2.45, 2.75) is 25.7 Å². The Morgan fingerprint density at radius 2 is 1.83 bits per heavy atom. The number of aryl methyl sites for hydroxylation is 2. The van der Waals surface area contributed by atoms with Crippen LogP contribution in [-0.2, 0) is 12.8 Å². The Labute approximate surface area is 144 Å². The third kappa shape index (κ3) is 4.68. The van der Waals surface area contributed by atoms with Crippen LogP contribution in [0.4, 0.5) is 0 Å². The first-order valence-electron chi connectivity index (χ1n) is 8.93. The van der Waals surface area contributed by atoms with Gasteiger partial charge < -0.3 is 10.6 Å². The van der Waals surface area contributed by atoms with Crippen LogP contribution >= 0.6 is 0 Å². The fourth-order valence-corrected chi connectivity index (χ4v) is 3.31. The van der Waals surface area contributed by atoms with Gasteiger partial charge in [-0.15, -0.1) is 0 Å². The molecule has 1 unspecified atom stereocenters. The largest absolute Gasteiger partial charge is 0.352 e. The molecule has 1 saturated heterocycles. The highest BCUT2D eigenvalue weighted by molar-refractivity contribution is 5.95. The Kier molecular flexibility index (Phi) is 6.02. The van der Waals surface area contributed by atoms with Gasteiger partial charge >= 0.3 is 0 Å². The van der Waals surface area contributed by atoms with Crippen LogP contribution in [0.2, 0.25) is 0 Å². The van der Waals surface area contributed by atoms with E-state index in [2.05, 4.69) is 41.0 Å². The number of rotatable bonds is 6. The second-order valence-electron chi connectivity index (χ2n) is 6.57. The summed E-state index contributed by atoms with van der Waals surface area (Å²) in [5.41, 5.74) is 3.25. The number of carbonyl (C=O) groups is 1. The maximum atomic E-state index is 12.6. The molecule has 0 bridgehead atoms. The SMILES string of the molecule is O=C(NCC1CCCNC1)c1ccccc1CCc1ccccc1. The van der Waals surface area contributed by atoms with Crippen LogP contribution in [0.3, 0.4) is 0 Å². The van der Waals surface area contributed by atoms with Crippen molar-refractivity contribution in [1.29, 1.82) is 0 Å². The van der Waals surface area contributed by atoms with Crippen LogP contribution in [-0.4, -0.2) is 25.5 Å². The van der Waals surface area contributed by atoms with Gasteiger partial charge in [-0.3, -0.25) is 4.79 Å². The quantitative estimate of drug-likeness (QED) is 0.857. The van der Waals surface area contributed by atoms with E-state index >= 15 is 0 Å². The number of hydrogen-bond donors (Lipinski definition) is 2. The molecular formula is C21H26N2O. The fourth-order valence-electron chi connectivity index (χ4n) is 3.31. The first-order valence-corrected chi connectivity index (χ1v) is 8.93. The molecule has 2 aromatic rings. The summed E-state index contributed by atoms with van der Waals surface area (Å²) in [7, 11) is 0. The molecule has 0 aliphatic carbocycles. The van der Waals surface area contributed by atoms with E-state index in [-0.39, 0.29) is 5.91 Å². The molecule has 1 heterocycles. The van der Waals surface area contributed by atoms with Crippen LogP contribution < -0.4 is 10.6 Å². The lowest BCUT2D eigenvalue weighted by Crippen LogP contribution is -2.38. The van der Waals surface area contributed by atoms with E-state index in [1.165, 1.54) is 18.4 Å². The molecule has 3 heteroatoms. The third-order valence-electron chi connectivity index (χ3n) is 4.74. The van der Waals surface area contributed by atoms with Crippen molar-refractivity contribution in [3.63, 3.8) is 0 Å². The highest BCUT2D eigenvalue weighted by Crippen LogP contribution is 2.14. The van der Waals surface area contributed by atoms with E-state index in [0.29, 0.717) is 5.92 Å². The van der Waals surface area contributed by atoms with Crippen LogP contribution in [0.15, 0.2) is 54.6 Å². The average molecular weight is 322 g/mol. The summed E-state index contributed by atoms with van der Waals surface area (Å²) < 4.78 is 0. The van der Waals surface area contributed by atoms with Gasteiger partial charge in [-0.2, -0.15) is 0 Å². The zero-order chi connectivity index (χ0) is 16.6. The van der Waals surface area contributed by atoms with E-state index < -0.39 is 0 Å². The monoisotopic (exact) mass is 322 g/mol. The van der Waals surface area contributed by atoms with E-state index in [1.807, 2.05) is 24.3 Å². The molecule has 2 N–H and O–H groups in total. The van der Waals surface area contributed by atoms with Gasteiger partial charge in [0.1, 0.15) is 0 Å². The minimum atomic E-state index is 0.0595. The minimum absolute atomic E-state index is 0.0595. The second kappa shape index (κ2) is 8.65. The van der Waals surface area contributed by atoms with E-state index in [1.54, 1.807) is 0 Å². The predicted octanol–water partition coefficient (Wildman–Crippen LogP) is 3.20. The standard InChI is InChI=1S/C21H26N2O/c24-21(23-16-18-9-6-14-22-15-18)20-11-5-4-10-19(20)13-12-17-7-2-1-3-8-17/h1-5,7-8,10-11,18,22H,6,9,12-16H2,(H,23,24). The van der Waals surface area contributed by atoms with Gasteiger partial charge in [0.2, 0.25) is 0 Å². The predicted molar refractivity (Wildman–Crippen MR) is 98.2 cm³/mol. The van der Waals surface area contributed by atoms with Crippen LogP contribution in [0.1, 0.15) is 34.3 Å². The van der Waals surface area contributed by atoms with Crippen molar-refractivity contribution in [1.82, 2.24) is 10.6 Å². The first-order chi connectivity index (χ1) is 11.8. The molecule has 1 fully saturated rings. The van der Waals surface area contributed by atoms with Crippen LogP contribution in [0, 0.1) is 5.92 Å². The molecular weight excluding hydrogens is 296 g/mol. The summed E-state index contributed by atoms with van der Waals surface area (Å²) in [6.45, 7) is 2.88. The lowest BCUT2D eigenvalue weighted by molar-refractivity contribution is 0.0944. The topological polar surface area (TPSA) is 41.1 Å². The molecule has 0 aromatic heterocycles. The summed E-state index contributed by atoms with van der Waals surface area (Å²) >= 11 is 0. The summed E-state index contributed by atoms with van der Waals surface area (Å²) in [6, 6.07) is 18.4. The normalized spacial score (nSPS) is 17.4. The molecule has 1 aliphatic heterocycles. The zero-order valence-electron chi connectivity index (χ0n) is 14.1. The highest BCUT2D eigenvalue weighted by Gasteiger charge is 2.16. The molecule has 1 aliphatic rings. The summed E-state index contributed by atoms with van der Waals surface area (Å²) in [6.07, 6.45) is 4.24. The fraction of sp³-hybridized carbons (Fsp3) is 0.381. The number of carbonyl (C=O) groups excluding carboxylic acids is 1. The molecule has 0 radical (unpaired) electrons. The minimum Gasteiger partial charge on any atom is -0.352 e. The number of piperidine rings is 1. The van der Waals surface area contributed by atoms with Crippen molar-refractivity contribution in [2.75, 3.05) is 19.6 Å². The average Bonchev–Trinajstić information content (AvgIpc) is 2.66. The number of hydrogen-bond acceptors (Lipinski definition) is 2. The van der Waals surface area contributed by atoms with Gasteiger partial charge in [0.25, 0.3) is 5.91 Å². The zero-order valence-corrected chi connectivity index (χ0v) is 14.1. The van der Waals surface area contributed by atoms with Gasteiger partial charge in [-0.25, -0.2) is 0 Å². The van der Waals surface area contributed by atoms with Crippen molar-refractivity contribution in [2.24, 2.45) is 5.92 Å². The molecule has 1 amide bonds.